The van der Waals surface area contributed by atoms with E-state index >= 15 is 0 Å². The number of fused-ring (bicyclic) bond motifs is 8. The summed E-state index contributed by atoms with van der Waals surface area (Å²) in [6.45, 7) is 66.0. The number of carbonyl (C=O) groups excluding carboxylic acids is 12. The number of benzene rings is 4. The van der Waals surface area contributed by atoms with E-state index in [1.165, 1.54) is 77.0 Å². The molecule has 0 saturated carbocycles. The number of halogens is 4. The Morgan fingerprint density at radius 2 is 0.371 bits per heavy atom. The molecule has 8 aliphatic rings. The van der Waals surface area contributed by atoms with Crippen LogP contribution in [0.3, 0.4) is 0 Å². The molecule has 116 heavy (non-hydrogen) atoms. The van der Waals surface area contributed by atoms with Crippen LogP contribution in [0.4, 0.5) is 0 Å². The molecule has 11 heterocycles. The molecule has 0 unspecified atom stereocenters. The summed E-state index contributed by atoms with van der Waals surface area (Å²) in [5, 5.41) is 2.64. The van der Waals surface area contributed by atoms with Gasteiger partial charge in [-0.25, -0.2) is 9.97 Å². The second-order valence-electron chi connectivity index (χ2n) is 20.6. The third-order valence-corrected chi connectivity index (χ3v) is 15.3. The van der Waals surface area contributed by atoms with Crippen molar-refractivity contribution in [3.63, 3.8) is 0 Å². The molecule has 6 fully saturated rings. The van der Waals surface area contributed by atoms with E-state index in [0.29, 0.717) is 20.1 Å². The Hall–Kier alpha value is -8.23. The first-order valence-corrected chi connectivity index (χ1v) is 36.5. The van der Waals surface area contributed by atoms with Gasteiger partial charge in [-0.1, -0.05) is 94.9 Å². The maximum absolute atomic E-state index is 8.45. The van der Waals surface area contributed by atoms with Crippen LogP contribution in [-0.2, 0) is 142 Å². The fraction of sp³-hybridized carbons (Fsp3) is 0.300. The number of nitrogens with one attached hydrogen (secondary N) is 2. The van der Waals surface area contributed by atoms with E-state index in [9.17, 15) is 0 Å². The average molecular weight is 1820 g/mol. The van der Waals surface area contributed by atoms with Crippen molar-refractivity contribution in [3.05, 3.63) is 164 Å². The zero-order valence-corrected chi connectivity index (χ0v) is 69.0. The van der Waals surface area contributed by atoms with Gasteiger partial charge in [0.2, 0.25) is 0 Å². The minimum absolute atomic E-state index is 0. The van der Waals surface area contributed by atoms with Gasteiger partial charge in [-0.2, -0.15) is 0 Å². The Labute approximate surface area is 726 Å². The summed E-state index contributed by atoms with van der Waals surface area (Å²) < 4.78 is 76.0. The van der Waals surface area contributed by atoms with Gasteiger partial charge in [-0.3, -0.25) is 57.5 Å². The molecule has 3 aromatic heterocycles. The zero-order valence-electron chi connectivity index (χ0n) is 61.7. The summed E-state index contributed by atoms with van der Waals surface area (Å²) in [7, 11) is 0. The molecule has 5 N–H and O–H groups in total. The molecule has 0 atom stereocenters. The third kappa shape index (κ3) is 54.6. The summed E-state index contributed by atoms with van der Waals surface area (Å²) in [4.78, 5) is 108. The number of aromatic amines is 2. The number of ether oxygens (including phenoxy) is 6. The molecule has 0 spiro atoms. The van der Waals surface area contributed by atoms with Crippen LogP contribution in [0.25, 0.3) is 90.9 Å². The van der Waals surface area contributed by atoms with Crippen LogP contribution < -0.4 is 0 Å². The minimum atomic E-state index is -0.812. The van der Waals surface area contributed by atoms with Crippen LogP contribution in [0.15, 0.2) is 121 Å². The Morgan fingerprint density at radius 1 is 0.250 bits per heavy atom. The van der Waals surface area contributed by atoms with Crippen molar-refractivity contribution < 1.29 is 155 Å². The molecule has 6 saturated heterocycles. The van der Waals surface area contributed by atoms with Crippen LogP contribution in [-0.4, -0.2) is 211 Å². The van der Waals surface area contributed by atoms with E-state index in [1.807, 2.05) is 97.1 Å². The predicted octanol–water partition coefficient (Wildman–Crippen LogP) is 11.5. The van der Waals surface area contributed by atoms with E-state index in [4.69, 9.17) is 167 Å². The van der Waals surface area contributed by atoms with Gasteiger partial charge in [0.25, 0.3) is 81.5 Å². The Bertz CT molecular complexity index is 3210. The molecule has 8 bridgehead atoms. The quantitative estimate of drug-likeness (QED) is 0.102. The van der Waals surface area contributed by atoms with Crippen molar-refractivity contribution in [1.29, 1.82) is 0 Å². The molecule has 4 aromatic carbocycles. The molecule has 7 aromatic rings. The monoisotopic (exact) mass is 1820 g/mol. The van der Waals surface area contributed by atoms with Crippen molar-refractivity contribution in [2.75, 3.05) is 79.3 Å². The van der Waals surface area contributed by atoms with Gasteiger partial charge in [-0.15, -0.1) is 0 Å². The van der Waals surface area contributed by atoms with Gasteiger partial charge in [0.15, 0.2) is 0 Å². The summed E-state index contributed by atoms with van der Waals surface area (Å²) in [5.41, 5.74) is 14.5. The summed E-state index contributed by atoms with van der Waals surface area (Å²) >= 11 is 23.0. The number of aromatic nitrogens is 4. The first-order valence-electron chi connectivity index (χ1n) is 32.3. The van der Waals surface area contributed by atoms with Gasteiger partial charge < -0.3 is 38.4 Å². The number of rotatable bonds is 4. The Morgan fingerprint density at radius 3 is 0.474 bits per heavy atom. The first-order chi connectivity index (χ1) is 56.6. The first kappa shape index (κ1) is 123. The maximum atomic E-state index is 8.45. The molecule has 36 heteroatoms. The SMILES string of the molecule is C1CCOC1.C1CCOC1.C1CCOC1.C1CCOC1.C1CCOC1.C1CCOC1.Clc1ccc(-c2c3nc(c(-c4ccc(Cl)cc4)c4ccc([nH]4)c(-c4ccc(Cl)cc4)c4nc(c(-c5ccc(Cl)cc5)c5ccc2[nH]5)C=C4)C=C3)cc1.[Al+3].[C]=O.[C]=O.[C]=O.[C]=O.[C]=O.[C]=O.[C]=O.[C]=O.[C]=O.[C]=O.[C]=O.[C]=O.[O]=[Co-][OH].[O]=[Co-][OH].[O]=[Co-][OH]. The standard InChI is InChI=1S/C44H26Cl4N4.6C4H8O.12CO.Al.3Co.3H2O.3O/c45-29-9-1-25(2-10-29)41-33-17-19-35(49-33)42(26-3-11-30(46)12-4-26)37-21-23-39(51-37)44(28-7-15-32(48)16-8-28)40-24-22-38(52-40)43(36-20-18-34(41)50-36)27-5-13-31(47)14-6-27;6*1-2-4-5-3-1;12*1-2;;;;;;;;;;/h1-24,49,52H;6*1-4H2;;;;;;;;;;;;;;;;;3*1H2;;;/q;;;;;;;;;;;;;;;;;;;+3;;;;;;;;;/p-3. The summed E-state index contributed by atoms with van der Waals surface area (Å²) in [6, 6.07) is 39.8. The van der Waals surface area contributed by atoms with Gasteiger partial charge in [0, 0.05) is 144 Å². The normalized spacial score (nSPS) is 12.6. The second-order valence-corrected chi connectivity index (χ2v) is 22.9. The molecule has 28 nitrogen and oxygen atoms in total. The zero-order chi connectivity index (χ0) is 88.7. The van der Waals surface area contributed by atoms with E-state index in [0.717, 1.165) is 169 Å². The van der Waals surface area contributed by atoms with Gasteiger partial charge in [0.05, 0.1) is 22.8 Å². The summed E-state index contributed by atoms with van der Waals surface area (Å²) in [6.07, 6.45) is 23.6. The molecule has 0 amide bonds. The number of hydrogen-bond acceptors (Lipinski definition) is 23. The van der Waals surface area contributed by atoms with Crippen molar-refractivity contribution in [1.82, 2.24) is 19.9 Å². The van der Waals surface area contributed by atoms with E-state index < -0.39 is 44.9 Å². The molecule has 0 aliphatic carbocycles. The van der Waals surface area contributed by atoms with E-state index in [2.05, 4.69) is 140 Å². The van der Waals surface area contributed by atoms with Crippen molar-refractivity contribution in [3.8, 4) is 44.5 Å². The van der Waals surface area contributed by atoms with Crippen LogP contribution in [0, 0.1) is 0 Å². The fourth-order valence-corrected chi connectivity index (χ4v) is 10.5. The number of hydrogen-bond donors (Lipinski definition) is 5. The van der Waals surface area contributed by atoms with E-state index in [1.54, 1.807) is 0 Å². The van der Waals surface area contributed by atoms with Crippen LogP contribution in [0.2, 0.25) is 20.1 Å². The second kappa shape index (κ2) is 93.9. The van der Waals surface area contributed by atoms with Crippen LogP contribution in [0.5, 0.6) is 0 Å². The van der Waals surface area contributed by atoms with Crippen molar-refractivity contribution >= 4 is 192 Å². The van der Waals surface area contributed by atoms with Crippen LogP contribution in [0.1, 0.15) is 99.8 Å². The summed E-state index contributed by atoms with van der Waals surface area (Å²) in [5.74, 6) is 0. The van der Waals surface area contributed by atoms with Gasteiger partial charge in [-0.05, 0) is 196 Å². The average Bonchev–Trinajstić information content (AvgIpc) is 1.61. The van der Waals surface area contributed by atoms with Crippen molar-refractivity contribution in [2.24, 2.45) is 0 Å². The fourth-order valence-electron chi connectivity index (χ4n) is 9.95. The molecular formula is C80H77AlCl4Co3N4O24. The third-order valence-electron chi connectivity index (χ3n) is 14.2. The van der Waals surface area contributed by atoms with Gasteiger partial charge >= 0.3 is 86.5 Å². The van der Waals surface area contributed by atoms with Crippen molar-refractivity contribution in [2.45, 2.75) is 77.0 Å². The van der Waals surface area contributed by atoms with E-state index in [-0.39, 0.29) is 17.4 Å². The van der Waals surface area contributed by atoms with Crippen LogP contribution >= 0.6 is 46.4 Å². The molecular weight excluding hydrogens is 1750 g/mol. The predicted molar refractivity (Wildman–Crippen MR) is 424 cm³/mol. The Kier molecular flexibility index (Phi) is 99.9. The molecule has 619 valence electrons. The van der Waals surface area contributed by atoms with Gasteiger partial charge in [0.1, 0.15) is 0 Å². The topological polar surface area (TPSA) is 429 Å². The molecule has 8 aliphatic heterocycles. The number of nitrogens with zero attached hydrogens (tertiary/aromatic N) is 2. The number of H-pyrrole nitrogens is 2. The Balaban J connectivity index is -0.000000246. The molecule has 24 radical (unpaired) electrons. The molecule has 15 rings (SSSR count).